The van der Waals surface area contributed by atoms with Crippen LogP contribution < -0.4 is 11.1 Å². The molecule has 0 radical (unpaired) electrons. The van der Waals surface area contributed by atoms with Crippen LogP contribution in [0.25, 0.3) is 11.3 Å². The molecule has 0 aliphatic rings. The molecule has 1 heterocycles. The number of carbonyl (C=O) groups excluding carboxylic acids is 1. The Kier molecular flexibility index (Phi) is 4.51. The smallest absolute Gasteiger partial charge is 0.291 e. The highest BCUT2D eigenvalue weighted by Crippen LogP contribution is 2.30. The van der Waals surface area contributed by atoms with Gasteiger partial charge >= 0.3 is 0 Å². The number of anilines is 2. The molecular weight excluding hydrogens is 347 g/mol. The molecule has 0 saturated carbocycles. The average Bonchev–Trinajstić information content (AvgIpc) is 3.01. The summed E-state index contributed by atoms with van der Waals surface area (Å²) in [5.74, 6) is 0.383. The van der Waals surface area contributed by atoms with E-state index >= 15 is 0 Å². The highest BCUT2D eigenvalue weighted by atomic mass is 35.5. The number of nitrogens with two attached hydrogens (primary N) is 1. The van der Waals surface area contributed by atoms with Crippen LogP contribution in [0.3, 0.4) is 0 Å². The first-order valence-electron chi connectivity index (χ1n) is 7.17. The molecule has 0 unspecified atom stereocenters. The minimum absolute atomic E-state index is 0.187. The van der Waals surface area contributed by atoms with Gasteiger partial charge in [0.25, 0.3) is 5.91 Å². The lowest BCUT2D eigenvalue weighted by molar-refractivity contribution is 0.0997. The molecule has 0 aliphatic carbocycles. The zero-order chi connectivity index (χ0) is 17.3. The second-order valence-electron chi connectivity index (χ2n) is 5.32. The van der Waals surface area contributed by atoms with Crippen molar-refractivity contribution >= 4 is 40.5 Å². The van der Waals surface area contributed by atoms with Crippen LogP contribution in [0.15, 0.2) is 52.9 Å². The summed E-state index contributed by atoms with van der Waals surface area (Å²) in [4.78, 5) is 12.4. The van der Waals surface area contributed by atoms with Crippen molar-refractivity contribution in [3.8, 4) is 11.3 Å². The topological polar surface area (TPSA) is 68.3 Å². The summed E-state index contributed by atoms with van der Waals surface area (Å²) in [7, 11) is 0. The van der Waals surface area contributed by atoms with Gasteiger partial charge in [0.05, 0.1) is 10.7 Å². The van der Waals surface area contributed by atoms with Gasteiger partial charge in [-0.2, -0.15) is 0 Å². The molecule has 0 spiro atoms. The second kappa shape index (κ2) is 6.59. The van der Waals surface area contributed by atoms with Gasteiger partial charge in [-0.15, -0.1) is 0 Å². The number of carbonyl (C=O) groups is 1. The number of rotatable bonds is 3. The third-order valence-corrected chi connectivity index (χ3v) is 4.06. The number of benzene rings is 2. The monoisotopic (exact) mass is 360 g/mol. The average molecular weight is 361 g/mol. The maximum atomic E-state index is 12.4. The molecule has 2 aromatic carbocycles. The Bertz CT molecular complexity index is 879. The quantitative estimate of drug-likeness (QED) is 0.614. The molecule has 0 aliphatic heterocycles. The van der Waals surface area contributed by atoms with Crippen LogP contribution in [0.2, 0.25) is 10.0 Å². The first kappa shape index (κ1) is 16.4. The van der Waals surface area contributed by atoms with Crippen molar-refractivity contribution < 1.29 is 9.21 Å². The minimum Gasteiger partial charge on any atom is -0.451 e. The molecule has 3 rings (SSSR count). The molecule has 3 N–H and O–H groups in total. The fraction of sp³-hybridized carbons (Fsp3) is 0.0556. The van der Waals surface area contributed by atoms with E-state index in [1.165, 1.54) is 0 Å². The molecule has 0 saturated heterocycles. The van der Waals surface area contributed by atoms with Crippen molar-refractivity contribution in [2.75, 3.05) is 11.1 Å². The zero-order valence-electron chi connectivity index (χ0n) is 12.8. The lowest BCUT2D eigenvalue weighted by Gasteiger charge is -2.10. The molecule has 3 aromatic rings. The third-order valence-electron chi connectivity index (χ3n) is 3.51. The Morgan fingerprint density at radius 2 is 1.79 bits per heavy atom. The van der Waals surface area contributed by atoms with Crippen molar-refractivity contribution in [2.45, 2.75) is 6.92 Å². The van der Waals surface area contributed by atoms with Crippen LogP contribution >= 0.6 is 23.2 Å². The molecule has 24 heavy (non-hydrogen) atoms. The summed E-state index contributed by atoms with van der Waals surface area (Å²) in [6.45, 7) is 1.82. The van der Waals surface area contributed by atoms with Crippen molar-refractivity contribution in [2.24, 2.45) is 0 Å². The molecule has 1 aromatic heterocycles. The number of nitrogens with one attached hydrogen (secondary N) is 1. The molecular formula is C18H14Cl2N2O2. The number of halogens is 2. The predicted molar refractivity (Wildman–Crippen MR) is 97.7 cm³/mol. The zero-order valence-corrected chi connectivity index (χ0v) is 14.3. The van der Waals surface area contributed by atoms with Crippen molar-refractivity contribution in [1.29, 1.82) is 0 Å². The normalized spacial score (nSPS) is 10.6. The molecule has 6 heteroatoms. The van der Waals surface area contributed by atoms with Gasteiger partial charge in [0.2, 0.25) is 0 Å². The van der Waals surface area contributed by atoms with Gasteiger partial charge in [-0.3, -0.25) is 4.79 Å². The van der Waals surface area contributed by atoms with E-state index in [2.05, 4.69) is 5.32 Å². The van der Waals surface area contributed by atoms with Crippen molar-refractivity contribution in [3.05, 3.63) is 69.9 Å². The Labute approximate surface area is 149 Å². The number of hydrogen-bond acceptors (Lipinski definition) is 3. The summed E-state index contributed by atoms with van der Waals surface area (Å²) < 4.78 is 5.62. The minimum atomic E-state index is -0.384. The van der Waals surface area contributed by atoms with E-state index in [-0.39, 0.29) is 11.7 Å². The summed E-state index contributed by atoms with van der Waals surface area (Å²) in [6, 6.07) is 13.8. The number of furan rings is 1. The van der Waals surface area contributed by atoms with E-state index < -0.39 is 0 Å². The number of hydrogen-bond donors (Lipinski definition) is 2. The van der Waals surface area contributed by atoms with Gasteiger partial charge < -0.3 is 15.5 Å². The molecule has 4 nitrogen and oxygen atoms in total. The maximum Gasteiger partial charge on any atom is 0.291 e. The SMILES string of the molecule is Cc1cc(N)cc(Cl)c1NC(=O)c1ccc(-c2ccc(Cl)cc2)o1. The second-order valence-corrected chi connectivity index (χ2v) is 6.16. The van der Waals surface area contributed by atoms with Gasteiger partial charge in [-0.1, -0.05) is 23.2 Å². The molecule has 1 amide bonds. The summed E-state index contributed by atoms with van der Waals surface area (Å²) >= 11 is 12.0. The molecule has 122 valence electrons. The highest BCUT2D eigenvalue weighted by Gasteiger charge is 2.15. The number of amides is 1. The Morgan fingerprint density at radius 1 is 1.08 bits per heavy atom. The van der Waals surface area contributed by atoms with E-state index in [1.54, 1.807) is 36.4 Å². The fourth-order valence-corrected chi connectivity index (χ4v) is 2.78. The van der Waals surface area contributed by atoms with E-state index in [0.29, 0.717) is 27.2 Å². The van der Waals surface area contributed by atoms with Crippen LogP contribution in [-0.4, -0.2) is 5.91 Å². The van der Waals surface area contributed by atoms with Crippen molar-refractivity contribution in [3.63, 3.8) is 0 Å². The largest absolute Gasteiger partial charge is 0.451 e. The van der Waals surface area contributed by atoms with Gasteiger partial charge in [-0.05, 0) is 61.0 Å². The van der Waals surface area contributed by atoms with Crippen molar-refractivity contribution in [1.82, 2.24) is 0 Å². The van der Waals surface area contributed by atoms with E-state index in [0.717, 1.165) is 11.1 Å². The Morgan fingerprint density at radius 3 is 2.46 bits per heavy atom. The Balaban J connectivity index is 1.83. The number of aryl methyl sites for hydroxylation is 1. The van der Waals surface area contributed by atoms with Crippen LogP contribution in [0.4, 0.5) is 11.4 Å². The maximum absolute atomic E-state index is 12.4. The molecule has 0 atom stereocenters. The fourth-order valence-electron chi connectivity index (χ4n) is 2.33. The molecule has 0 bridgehead atoms. The standard InChI is InChI=1S/C18H14Cl2N2O2/c1-10-8-13(21)9-14(20)17(10)22-18(23)16-7-6-15(24-16)11-2-4-12(19)5-3-11/h2-9H,21H2,1H3,(H,22,23). The van der Waals surface area contributed by atoms with Gasteiger partial charge in [0.1, 0.15) is 5.76 Å². The summed E-state index contributed by atoms with van der Waals surface area (Å²) in [5.41, 5.74) is 8.39. The van der Waals surface area contributed by atoms with Crippen LogP contribution in [-0.2, 0) is 0 Å². The summed E-state index contributed by atoms with van der Waals surface area (Å²) in [5, 5.41) is 3.77. The van der Waals surface area contributed by atoms with Gasteiger partial charge in [-0.25, -0.2) is 0 Å². The first-order chi connectivity index (χ1) is 11.4. The lowest BCUT2D eigenvalue weighted by Crippen LogP contribution is -2.12. The van der Waals surface area contributed by atoms with Gasteiger partial charge in [0.15, 0.2) is 5.76 Å². The molecule has 0 fully saturated rings. The van der Waals surface area contributed by atoms with Crippen LogP contribution in [0.5, 0.6) is 0 Å². The third kappa shape index (κ3) is 3.40. The van der Waals surface area contributed by atoms with E-state index in [9.17, 15) is 4.79 Å². The van der Waals surface area contributed by atoms with Gasteiger partial charge in [0, 0.05) is 16.3 Å². The predicted octanol–water partition coefficient (Wildman–Crippen LogP) is 5.40. The number of nitrogen functional groups attached to an aromatic ring is 1. The highest BCUT2D eigenvalue weighted by molar-refractivity contribution is 6.34. The van der Waals surface area contributed by atoms with Crippen LogP contribution in [0.1, 0.15) is 16.1 Å². The lowest BCUT2D eigenvalue weighted by atomic mass is 10.1. The first-order valence-corrected chi connectivity index (χ1v) is 7.92. The van der Waals surface area contributed by atoms with Crippen LogP contribution in [0, 0.1) is 6.92 Å². The summed E-state index contributed by atoms with van der Waals surface area (Å²) in [6.07, 6.45) is 0. The Hall–Kier alpha value is -2.43. The van der Waals surface area contributed by atoms with E-state index in [4.69, 9.17) is 33.4 Å². The van der Waals surface area contributed by atoms with E-state index in [1.807, 2.05) is 19.1 Å².